The van der Waals surface area contributed by atoms with Gasteiger partial charge in [0, 0.05) is 43.2 Å². The SMILES string of the molecule is Cc1nc2cc[nH]n2c(=O)c1CC(=O)N(C)CCC(N)C(C)C.Cl. The fourth-order valence-electron chi connectivity index (χ4n) is 2.40. The Balaban J connectivity index is 0.00000288. The second kappa shape index (κ2) is 8.30. The van der Waals surface area contributed by atoms with Crippen LogP contribution in [0.4, 0.5) is 0 Å². The van der Waals surface area contributed by atoms with Crippen molar-refractivity contribution in [2.24, 2.45) is 11.7 Å². The van der Waals surface area contributed by atoms with Crippen LogP contribution in [-0.2, 0) is 11.2 Å². The molecule has 0 aromatic carbocycles. The van der Waals surface area contributed by atoms with E-state index in [4.69, 9.17) is 5.73 Å². The van der Waals surface area contributed by atoms with E-state index in [-0.39, 0.29) is 36.3 Å². The fraction of sp³-hybridized carbons (Fsp3) is 0.562. The lowest BCUT2D eigenvalue weighted by atomic mass is 10.0. The third kappa shape index (κ3) is 4.36. The van der Waals surface area contributed by atoms with Crippen molar-refractivity contribution in [2.45, 2.75) is 39.7 Å². The third-order valence-electron chi connectivity index (χ3n) is 4.25. The highest BCUT2D eigenvalue weighted by molar-refractivity contribution is 5.85. The van der Waals surface area contributed by atoms with E-state index in [1.165, 1.54) is 4.52 Å². The summed E-state index contributed by atoms with van der Waals surface area (Å²) < 4.78 is 1.35. The van der Waals surface area contributed by atoms with Crippen LogP contribution in [0.3, 0.4) is 0 Å². The number of H-pyrrole nitrogens is 1. The van der Waals surface area contributed by atoms with Crippen molar-refractivity contribution in [2.75, 3.05) is 13.6 Å². The summed E-state index contributed by atoms with van der Waals surface area (Å²) in [6, 6.07) is 1.79. The molecule has 2 aromatic heterocycles. The van der Waals surface area contributed by atoms with Crippen LogP contribution >= 0.6 is 12.4 Å². The number of nitrogens with two attached hydrogens (primary N) is 1. The van der Waals surface area contributed by atoms with E-state index in [9.17, 15) is 9.59 Å². The minimum Gasteiger partial charge on any atom is -0.345 e. The van der Waals surface area contributed by atoms with Crippen molar-refractivity contribution in [1.29, 1.82) is 0 Å². The summed E-state index contributed by atoms with van der Waals surface area (Å²) >= 11 is 0. The molecule has 2 rings (SSSR count). The molecular weight excluding hydrogens is 330 g/mol. The van der Waals surface area contributed by atoms with Crippen molar-refractivity contribution >= 4 is 24.0 Å². The van der Waals surface area contributed by atoms with Crippen molar-refractivity contribution < 1.29 is 4.79 Å². The second-order valence-corrected chi connectivity index (χ2v) is 6.33. The molecule has 0 radical (unpaired) electrons. The maximum Gasteiger partial charge on any atom is 0.276 e. The average Bonchev–Trinajstić information content (AvgIpc) is 2.96. The van der Waals surface area contributed by atoms with Gasteiger partial charge in [-0.3, -0.25) is 14.7 Å². The first kappa shape index (κ1) is 20.2. The van der Waals surface area contributed by atoms with Crippen LogP contribution < -0.4 is 11.3 Å². The number of amides is 1. The number of likely N-dealkylation sites (N-methyl/N-ethyl adjacent to an activating group) is 1. The normalized spacial score (nSPS) is 12.2. The van der Waals surface area contributed by atoms with Gasteiger partial charge in [-0.2, -0.15) is 0 Å². The van der Waals surface area contributed by atoms with Gasteiger partial charge in [0.15, 0.2) is 5.65 Å². The number of nitrogens with zero attached hydrogens (tertiary/aromatic N) is 3. The molecule has 1 atom stereocenters. The smallest absolute Gasteiger partial charge is 0.276 e. The van der Waals surface area contributed by atoms with Crippen LogP contribution in [0, 0.1) is 12.8 Å². The number of carbonyl (C=O) groups excluding carboxylic acids is 1. The van der Waals surface area contributed by atoms with Gasteiger partial charge in [0.05, 0.1) is 6.42 Å². The number of halogens is 1. The van der Waals surface area contributed by atoms with Crippen LogP contribution in [0.1, 0.15) is 31.5 Å². The highest BCUT2D eigenvalue weighted by Crippen LogP contribution is 2.07. The molecule has 8 heteroatoms. The predicted octanol–water partition coefficient (Wildman–Crippen LogP) is 1.13. The maximum absolute atomic E-state index is 12.4. The van der Waals surface area contributed by atoms with Gasteiger partial charge in [0.25, 0.3) is 5.56 Å². The van der Waals surface area contributed by atoms with Crippen molar-refractivity contribution in [3.63, 3.8) is 0 Å². The van der Waals surface area contributed by atoms with E-state index in [2.05, 4.69) is 23.9 Å². The number of hydrogen-bond acceptors (Lipinski definition) is 4. The molecule has 1 unspecified atom stereocenters. The first-order valence-corrected chi connectivity index (χ1v) is 7.86. The Labute approximate surface area is 147 Å². The Morgan fingerprint density at radius 1 is 1.46 bits per heavy atom. The number of fused-ring (bicyclic) bond motifs is 1. The van der Waals surface area contributed by atoms with E-state index < -0.39 is 0 Å². The zero-order chi connectivity index (χ0) is 17.1. The molecule has 0 saturated heterocycles. The molecule has 0 saturated carbocycles. The molecular formula is C16H26ClN5O2. The second-order valence-electron chi connectivity index (χ2n) is 6.33. The minimum atomic E-state index is -0.224. The van der Waals surface area contributed by atoms with Crippen molar-refractivity contribution in [3.8, 4) is 0 Å². The van der Waals surface area contributed by atoms with Gasteiger partial charge in [-0.05, 0) is 19.3 Å². The lowest BCUT2D eigenvalue weighted by molar-refractivity contribution is -0.129. The average molecular weight is 356 g/mol. The van der Waals surface area contributed by atoms with Gasteiger partial charge in [0.1, 0.15) is 0 Å². The van der Waals surface area contributed by atoms with E-state index in [1.807, 2.05) is 0 Å². The Hall–Kier alpha value is -1.86. The molecule has 2 aromatic rings. The molecule has 0 aliphatic heterocycles. The molecule has 134 valence electrons. The minimum absolute atomic E-state index is 0. The summed E-state index contributed by atoms with van der Waals surface area (Å²) in [4.78, 5) is 30.8. The van der Waals surface area contributed by atoms with Gasteiger partial charge >= 0.3 is 0 Å². The molecule has 0 bridgehead atoms. The number of aryl methyl sites for hydroxylation is 1. The maximum atomic E-state index is 12.4. The Bertz CT molecular complexity index is 752. The Kier molecular flexibility index (Phi) is 6.98. The van der Waals surface area contributed by atoms with E-state index >= 15 is 0 Å². The quantitative estimate of drug-likeness (QED) is 0.811. The summed E-state index contributed by atoms with van der Waals surface area (Å²) in [6.45, 7) is 6.46. The first-order chi connectivity index (χ1) is 10.8. The largest absolute Gasteiger partial charge is 0.345 e. The molecule has 2 heterocycles. The summed E-state index contributed by atoms with van der Waals surface area (Å²) in [5, 5.41) is 2.81. The molecule has 0 spiro atoms. The molecule has 3 N–H and O–H groups in total. The summed E-state index contributed by atoms with van der Waals surface area (Å²) in [5.74, 6) is 0.277. The molecule has 0 fully saturated rings. The number of rotatable bonds is 6. The first-order valence-electron chi connectivity index (χ1n) is 7.86. The summed E-state index contributed by atoms with van der Waals surface area (Å²) in [7, 11) is 1.74. The molecule has 0 aliphatic rings. The van der Waals surface area contributed by atoms with E-state index in [0.717, 1.165) is 6.42 Å². The standard InChI is InChI=1S/C16H25N5O2.ClH/c1-10(2)13(17)6-8-20(4)15(22)9-12-11(3)19-14-5-7-18-21(14)16(12)23;/h5,7,10,13,18H,6,8-9,17H2,1-4H3;1H. The topological polar surface area (TPSA) is 96.5 Å². The number of aromatic nitrogens is 3. The monoisotopic (exact) mass is 355 g/mol. The number of aromatic amines is 1. The van der Waals surface area contributed by atoms with Gasteiger partial charge in [-0.1, -0.05) is 13.8 Å². The molecule has 24 heavy (non-hydrogen) atoms. The van der Waals surface area contributed by atoms with Crippen LogP contribution in [0.15, 0.2) is 17.1 Å². The van der Waals surface area contributed by atoms with E-state index in [0.29, 0.717) is 29.4 Å². The molecule has 0 aliphatic carbocycles. The Morgan fingerprint density at radius 3 is 2.75 bits per heavy atom. The number of carbonyl (C=O) groups is 1. The van der Waals surface area contributed by atoms with Crippen LogP contribution in [-0.4, -0.2) is 45.0 Å². The van der Waals surface area contributed by atoms with Crippen LogP contribution in [0.25, 0.3) is 5.65 Å². The van der Waals surface area contributed by atoms with Gasteiger partial charge in [-0.15, -0.1) is 12.4 Å². The van der Waals surface area contributed by atoms with Gasteiger partial charge in [-0.25, -0.2) is 9.50 Å². The van der Waals surface area contributed by atoms with E-state index in [1.54, 1.807) is 31.1 Å². The Morgan fingerprint density at radius 2 is 2.12 bits per heavy atom. The van der Waals surface area contributed by atoms with Crippen LogP contribution in [0.5, 0.6) is 0 Å². The third-order valence-corrected chi connectivity index (χ3v) is 4.25. The fourth-order valence-corrected chi connectivity index (χ4v) is 2.40. The van der Waals surface area contributed by atoms with Crippen molar-refractivity contribution in [1.82, 2.24) is 19.5 Å². The summed E-state index contributed by atoms with van der Waals surface area (Å²) in [5.41, 5.74) is 7.36. The highest BCUT2D eigenvalue weighted by Gasteiger charge is 2.18. The van der Waals surface area contributed by atoms with Gasteiger partial charge < -0.3 is 10.6 Å². The number of hydrogen-bond donors (Lipinski definition) is 2. The molecule has 1 amide bonds. The summed E-state index contributed by atoms with van der Waals surface area (Å²) in [6.07, 6.45) is 2.44. The molecule has 7 nitrogen and oxygen atoms in total. The lowest BCUT2D eigenvalue weighted by Crippen LogP contribution is -2.36. The zero-order valence-corrected chi connectivity index (χ0v) is 15.4. The number of nitrogens with one attached hydrogen (secondary N) is 1. The van der Waals surface area contributed by atoms with Crippen LogP contribution in [0.2, 0.25) is 0 Å². The zero-order valence-electron chi connectivity index (χ0n) is 14.6. The van der Waals surface area contributed by atoms with Crippen molar-refractivity contribution in [3.05, 3.63) is 33.9 Å². The lowest BCUT2D eigenvalue weighted by Gasteiger charge is -2.21. The predicted molar refractivity (Wildman–Crippen MR) is 96.6 cm³/mol. The van der Waals surface area contributed by atoms with Gasteiger partial charge in [0.2, 0.25) is 5.91 Å². The highest BCUT2D eigenvalue weighted by atomic mass is 35.5.